The van der Waals surface area contributed by atoms with Crippen LogP contribution in [0, 0.1) is 17.3 Å². The zero-order valence-corrected chi connectivity index (χ0v) is 15.7. The number of carbonyl (C=O) groups excluding carboxylic acids is 3. The number of hydrogen-bond acceptors (Lipinski definition) is 8. The number of methoxy groups -OCH3 is 1. The Morgan fingerprint density at radius 2 is 2.00 bits per heavy atom. The third-order valence-corrected chi connectivity index (χ3v) is 5.41. The lowest BCUT2D eigenvalue weighted by Gasteiger charge is -2.52. The van der Waals surface area contributed by atoms with Crippen LogP contribution in [-0.2, 0) is 28.6 Å². The summed E-state index contributed by atoms with van der Waals surface area (Å²) >= 11 is 0. The second-order valence-electron chi connectivity index (χ2n) is 6.96. The lowest BCUT2D eigenvalue weighted by molar-refractivity contribution is -0.177. The first kappa shape index (κ1) is 21.6. The van der Waals surface area contributed by atoms with Crippen LogP contribution in [0.3, 0.4) is 0 Å². The van der Waals surface area contributed by atoms with Crippen molar-refractivity contribution >= 4 is 17.9 Å². The van der Waals surface area contributed by atoms with E-state index >= 15 is 0 Å². The van der Waals surface area contributed by atoms with E-state index in [0.717, 1.165) is 7.11 Å². The Kier molecular flexibility index (Phi) is 6.26. The number of fused-ring (bicyclic) bond motifs is 1. The Morgan fingerprint density at radius 3 is 2.54 bits per heavy atom. The Bertz CT molecular complexity index is 751. The van der Waals surface area contributed by atoms with E-state index in [9.17, 15) is 19.5 Å². The van der Waals surface area contributed by atoms with Crippen LogP contribution < -0.4 is 0 Å². The zero-order valence-electron chi connectivity index (χ0n) is 15.7. The van der Waals surface area contributed by atoms with Crippen molar-refractivity contribution in [2.75, 3.05) is 20.3 Å². The van der Waals surface area contributed by atoms with Crippen LogP contribution in [0.2, 0.25) is 0 Å². The van der Waals surface area contributed by atoms with Gasteiger partial charge < -0.3 is 24.4 Å². The maximum Gasteiger partial charge on any atom is 0.336 e. The maximum absolute atomic E-state index is 12.2. The minimum absolute atomic E-state index is 0.0332. The minimum Gasteiger partial charge on any atom is -0.466 e. The van der Waals surface area contributed by atoms with Crippen LogP contribution in [-0.4, -0.2) is 60.7 Å². The van der Waals surface area contributed by atoms with E-state index in [1.54, 1.807) is 0 Å². The molecule has 2 rings (SSSR count). The van der Waals surface area contributed by atoms with Gasteiger partial charge in [0.25, 0.3) is 0 Å². The van der Waals surface area contributed by atoms with Crippen molar-refractivity contribution in [1.82, 2.24) is 0 Å². The van der Waals surface area contributed by atoms with Crippen LogP contribution in [0.1, 0.15) is 6.42 Å². The number of esters is 3. The summed E-state index contributed by atoms with van der Waals surface area (Å²) in [7, 11) is 1.16. The highest BCUT2D eigenvalue weighted by molar-refractivity contribution is 5.91. The summed E-state index contributed by atoms with van der Waals surface area (Å²) in [6.07, 6.45) is -0.775. The molecule has 1 aliphatic heterocycles. The quantitative estimate of drug-likeness (QED) is 0.290. The number of aliphatic hydroxyl groups is 2. The molecule has 0 radical (unpaired) electrons. The molecule has 0 amide bonds. The largest absolute Gasteiger partial charge is 0.466 e. The molecule has 28 heavy (non-hydrogen) atoms. The first-order valence-corrected chi connectivity index (χ1v) is 8.57. The first-order chi connectivity index (χ1) is 13.1. The molecule has 2 aliphatic rings. The minimum atomic E-state index is -1.35. The molecule has 1 saturated carbocycles. The average Bonchev–Trinajstić information content (AvgIpc) is 2.68. The highest BCUT2D eigenvalue weighted by Crippen LogP contribution is 2.52. The normalized spacial score (nSPS) is 31.8. The molecule has 8 nitrogen and oxygen atoms in total. The third-order valence-electron chi connectivity index (χ3n) is 5.41. The van der Waals surface area contributed by atoms with Crippen molar-refractivity contribution in [2.45, 2.75) is 18.6 Å². The van der Waals surface area contributed by atoms with Gasteiger partial charge in [-0.2, -0.15) is 0 Å². The maximum atomic E-state index is 12.2. The Morgan fingerprint density at radius 1 is 1.36 bits per heavy atom. The molecule has 0 aromatic rings. The van der Waals surface area contributed by atoms with E-state index in [1.165, 1.54) is 6.08 Å². The van der Waals surface area contributed by atoms with Gasteiger partial charge in [0.15, 0.2) is 0 Å². The van der Waals surface area contributed by atoms with Crippen molar-refractivity contribution in [2.24, 2.45) is 17.3 Å². The molecule has 1 aliphatic carbocycles. The van der Waals surface area contributed by atoms with Gasteiger partial charge in [0, 0.05) is 22.5 Å². The molecule has 0 aromatic carbocycles. The second-order valence-corrected chi connectivity index (χ2v) is 6.96. The van der Waals surface area contributed by atoms with Gasteiger partial charge >= 0.3 is 17.9 Å². The number of hydrogen-bond donors (Lipinski definition) is 2. The molecule has 2 fully saturated rings. The van der Waals surface area contributed by atoms with E-state index in [-0.39, 0.29) is 29.7 Å². The topological polar surface area (TPSA) is 119 Å². The van der Waals surface area contributed by atoms with Gasteiger partial charge in [0.2, 0.25) is 0 Å². The van der Waals surface area contributed by atoms with Crippen molar-refractivity contribution < 1.29 is 38.8 Å². The van der Waals surface area contributed by atoms with Crippen LogP contribution in [0.4, 0.5) is 0 Å². The van der Waals surface area contributed by atoms with E-state index in [2.05, 4.69) is 31.1 Å². The fourth-order valence-electron chi connectivity index (χ4n) is 3.88. The number of rotatable bonds is 6. The molecule has 8 heteroatoms. The van der Waals surface area contributed by atoms with Gasteiger partial charge in [0.05, 0.1) is 31.3 Å². The van der Waals surface area contributed by atoms with E-state index in [0.29, 0.717) is 0 Å². The lowest BCUT2D eigenvalue weighted by atomic mass is 9.57. The Hall–Kier alpha value is -2.71. The molecule has 0 unspecified atom stereocenters. The first-order valence-electron chi connectivity index (χ1n) is 8.57. The summed E-state index contributed by atoms with van der Waals surface area (Å²) in [4.78, 5) is 36.3. The number of carbonyl (C=O) groups is 3. The molecule has 1 saturated heterocycles. The van der Waals surface area contributed by atoms with Gasteiger partial charge in [-0.3, -0.25) is 0 Å². The Balaban J connectivity index is 2.50. The fraction of sp³-hybridized carbons (Fsp3) is 0.450. The van der Waals surface area contributed by atoms with E-state index < -0.39 is 54.0 Å². The van der Waals surface area contributed by atoms with Crippen LogP contribution in [0.5, 0.6) is 0 Å². The van der Waals surface area contributed by atoms with Crippen molar-refractivity contribution in [1.29, 1.82) is 0 Å². The summed E-state index contributed by atoms with van der Waals surface area (Å²) in [5.41, 5.74) is -1.23. The van der Waals surface area contributed by atoms with E-state index in [4.69, 9.17) is 14.6 Å². The van der Waals surface area contributed by atoms with Gasteiger partial charge in [-0.25, -0.2) is 14.4 Å². The molecule has 0 aromatic heterocycles. The molecule has 2 N–H and O–H groups in total. The summed E-state index contributed by atoms with van der Waals surface area (Å²) in [5, 5.41) is 20.2. The summed E-state index contributed by atoms with van der Waals surface area (Å²) in [6, 6.07) is 0. The van der Waals surface area contributed by atoms with Crippen molar-refractivity contribution in [3.05, 3.63) is 49.1 Å². The predicted octanol–water partition coefficient (Wildman–Crippen LogP) is 0.458. The summed E-state index contributed by atoms with van der Waals surface area (Å²) in [5.74, 6) is -4.21. The van der Waals surface area contributed by atoms with Crippen molar-refractivity contribution in [3.8, 4) is 0 Å². The molecular weight excluding hydrogens is 368 g/mol. The summed E-state index contributed by atoms with van der Waals surface area (Å²) < 4.78 is 15.3. The predicted molar refractivity (Wildman–Crippen MR) is 97.6 cm³/mol. The van der Waals surface area contributed by atoms with Gasteiger partial charge in [0.1, 0.15) is 12.7 Å². The van der Waals surface area contributed by atoms with Crippen LogP contribution in [0.25, 0.3) is 0 Å². The fourth-order valence-corrected chi connectivity index (χ4v) is 3.88. The third kappa shape index (κ3) is 3.53. The monoisotopic (exact) mass is 392 g/mol. The number of aliphatic hydroxyl groups excluding tert-OH is 2. The van der Waals surface area contributed by atoms with E-state index in [1.807, 2.05) is 0 Å². The average molecular weight is 392 g/mol. The van der Waals surface area contributed by atoms with Crippen molar-refractivity contribution in [3.63, 3.8) is 0 Å². The smallest absolute Gasteiger partial charge is 0.336 e. The number of ether oxygens (including phenoxy) is 3. The molecule has 5 atom stereocenters. The second kappa shape index (κ2) is 8.12. The molecule has 152 valence electrons. The Labute approximate surface area is 162 Å². The highest BCUT2D eigenvalue weighted by atomic mass is 16.6. The van der Waals surface area contributed by atoms with Crippen LogP contribution in [0.15, 0.2) is 49.1 Å². The SMILES string of the molecule is C=C[C@]12COC(=O)C(=C)[C@H]1[C@H](O)[C@@H](C(=C)C(=O)OC)[C@H](OC(=O)C(=C)CO)C2. The van der Waals surface area contributed by atoms with Crippen LogP contribution >= 0.6 is 0 Å². The van der Waals surface area contributed by atoms with Gasteiger partial charge in [-0.05, 0) is 6.42 Å². The molecule has 0 bridgehead atoms. The molecule has 1 heterocycles. The zero-order chi connectivity index (χ0) is 21.2. The van der Waals surface area contributed by atoms with Gasteiger partial charge in [-0.1, -0.05) is 25.8 Å². The lowest BCUT2D eigenvalue weighted by Crippen LogP contribution is -2.59. The summed E-state index contributed by atoms with van der Waals surface area (Å²) in [6.45, 7) is 13.9. The van der Waals surface area contributed by atoms with Gasteiger partial charge in [-0.15, -0.1) is 6.58 Å². The number of cyclic esters (lactones) is 1. The highest BCUT2D eigenvalue weighted by Gasteiger charge is 2.58. The molecular formula is C20H24O8. The standard InChI is InChI=1S/C20H24O8/c1-6-20-7-13(28-17(23)10(2)8-21)14(11(3)18(24)26-5)16(22)15(20)12(4)19(25)27-9-20/h6,13-16,21-22H,1-4,7-9H2,5H3/t13-,14+,15+,16-,20+/m1/s1. The molecule has 0 spiro atoms.